The van der Waals surface area contributed by atoms with Crippen LogP contribution in [0.3, 0.4) is 0 Å². The van der Waals surface area contributed by atoms with Crippen LogP contribution in [-0.2, 0) is 14.4 Å². The molecule has 0 aromatic heterocycles. The highest BCUT2D eigenvalue weighted by molar-refractivity contribution is 7.99. The number of carboxylic acid groups (broad SMARTS) is 1. The van der Waals surface area contributed by atoms with Crippen LogP contribution in [0.5, 0.6) is 0 Å². The van der Waals surface area contributed by atoms with Gasteiger partial charge < -0.3 is 15.7 Å². The molecule has 32 heavy (non-hydrogen) atoms. The number of nitrogens with one attached hydrogen (secondary N) is 3. The van der Waals surface area contributed by atoms with Gasteiger partial charge in [0.1, 0.15) is 0 Å². The number of hydrogen-bond donors (Lipinski definition) is 4. The van der Waals surface area contributed by atoms with Gasteiger partial charge in [0, 0.05) is 35.5 Å². The summed E-state index contributed by atoms with van der Waals surface area (Å²) in [5, 5.41) is 18.7. The first kappa shape index (κ1) is 26.0. The number of thioether (sulfide) groups is 1. The monoisotopic (exact) mass is 497 g/mol. The minimum atomic E-state index is -1.14. The standard InChI is InChI=1S/C22H24ClN3O4S.ClH/c23-17-8-6-14(7-9-17)16(11-24-21(28)18-12-31-13-25-18)10-19(27)26-20(22(29)30)15-4-2-1-3-5-15;/h1-9,16,18,20,25H,10-13H2,(H,24,28)(H,26,27)(H,29,30);1H/t16-,18+,20+;/m1./s1. The smallest absolute Gasteiger partial charge is 0.330 e. The van der Waals surface area contributed by atoms with E-state index >= 15 is 0 Å². The maximum atomic E-state index is 12.8. The van der Waals surface area contributed by atoms with E-state index in [1.54, 1.807) is 54.2 Å². The molecular formula is C22H25Cl2N3O4S. The van der Waals surface area contributed by atoms with Crippen LogP contribution >= 0.6 is 35.8 Å². The van der Waals surface area contributed by atoms with E-state index in [0.717, 1.165) is 11.4 Å². The minimum absolute atomic E-state index is 0. The van der Waals surface area contributed by atoms with Crippen LogP contribution in [0.4, 0.5) is 0 Å². The van der Waals surface area contributed by atoms with E-state index in [1.807, 2.05) is 12.1 Å². The van der Waals surface area contributed by atoms with Gasteiger partial charge >= 0.3 is 5.97 Å². The van der Waals surface area contributed by atoms with Crippen LogP contribution in [0.1, 0.15) is 29.5 Å². The summed E-state index contributed by atoms with van der Waals surface area (Å²) in [6.07, 6.45) is 0.0192. The Morgan fingerprint density at radius 3 is 2.38 bits per heavy atom. The molecule has 0 bridgehead atoms. The number of benzene rings is 2. The highest BCUT2D eigenvalue weighted by Gasteiger charge is 2.26. The highest BCUT2D eigenvalue weighted by Crippen LogP contribution is 2.23. The van der Waals surface area contributed by atoms with Crippen molar-refractivity contribution >= 4 is 53.6 Å². The molecular weight excluding hydrogens is 473 g/mol. The number of carboxylic acids is 1. The van der Waals surface area contributed by atoms with Gasteiger partial charge in [0.05, 0.1) is 6.04 Å². The third-order valence-electron chi connectivity index (χ3n) is 5.01. The SMILES string of the molecule is Cl.O=C(C[C@H](CNC(=O)[C@@H]1CSCN1)c1ccc(Cl)cc1)N[C@H](C(=O)O)c1ccccc1. The number of rotatable bonds is 9. The summed E-state index contributed by atoms with van der Waals surface area (Å²) in [5.41, 5.74) is 1.32. The van der Waals surface area contributed by atoms with Crippen molar-refractivity contribution in [1.82, 2.24) is 16.0 Å². The number of hydrogen-bond acceptors (Lipinski definition) is 5. The molecule has 3 atom stereocenters. The molecule has 2 amide bonds. The molecule has 0 unspecified atom stereocenters. The van der Waals surface area contributed by atoms with Gasteiger partial charge in [-0.25, -0.2) is 4.79 Å². The molecule has 1 aliphatic heterocycles. The van der Waals surface area contributed by atoms with Gasteiger partial charge in [-0.2, -0.15) is 0 Å². The Hall–Kier alpha value is -2.26. The molecule has 0 spiro atoms. The largest absolute Gasteiger partial charge is 0.479 e. The highest BCUT2D eigenvalue weighted by atomic mass is 35.5. The number of halogens is 2. The first-order chi connectivity index (χ1) is 14.9. The zero-order chi connectivity index (χ0) is 22.2. The van der Waals surface area contributed by atoms with E-state index in [9.17, 15) is 19.5 Å². The van der Waals surface area contributed by atoms with Crippen molar-refractivity contribution in [2.24, 2.45) is 0 Å². The first-order valence-corrected chi connectivity index (χ1v) is 11.4. The quantitative estimate of drug-likeness (QED) is 0.424. The summed E-state index contributed by atoms with van der Waals surface area (Å²) in [6, 6.07) is 14.2. The molecule has 2 aromatic carbocycles. The minimum Gasteiger partial charge on any atom is -0.479 e. The molecule has 0 aliphatic carbocycles. The van der Waals surface area contributed by atoms with E-state index < -0.39 is 17.9 Å². The predicted octanol–water partition coefficient (Wildman–Crippen LogP) is 2.96. The summed E-state index contributed by atoms with van der Waals surface area (Å²) >= 11 is 7.64. The summed E-state index contributed by atoms with van der Waals surface area (Å²) in [7, 11) is 0. The van der Waals surface area contributed by atoms with Crippen molar-refractivity contribution in [2.75, 3.05) is 18.2 Å². The van der Waals surface area contributed by atoms with Gasteiger partial charge in [-0.15, -0.1) is 24.2 Å². The van der Waals surface area contributed by atoms with Crippen LogP contribution in [0.2, 0.25) is 5.02 Å². The Kier molecular flexibility index (Phi) is 10.3. The van der Waals surface area contributed by atoms with Gasteiger partial charge in [0.2, 0.25) is 11.8 Å². The van der Waals surface area contributed by atoms with Gasteiger partial charge in [-0.05, 0) is 23.3 Å². The van der Waals surface area contributed by atoms with Crippen molar-refractivity contribution in [3.63, 3.8) is 0 Å². The Bertz CT molecular complexity index is 909. The molecule has 1 fully saturated rings. The summed E-state index contributed by atoms with van der Waals surface area (Å²) < 4.78 is 0. The number of carbonyl (C=O) groups is 3. The number of carbonyl (C=O) groups excluding carboxylic acids is 2. The lowest BCUT2D eigenvalue weighted by molar-refractivity contribution is -0.142. The maximum absolute atomic E-state index is 12.8. The fraction of sp³-hybridized carbons (Fsp3) is 0.318. The van der Waals surface area contributed by atoms with E-state index in [4.69, 9.17) is 11.6 Å². The Morgan fingerprint density at radius 1 is 1.09 bits per heavy atom. The normalized spacial score (nSPS) is 17.0. The van der Waals surface area contributed by atoms with Gasteiger partial charge in [0.25, 0.3) is 0 Å². The zero-order valence-electron chi connectivity index (χ0n) is 17.1. The Morgan fingerprint density at radius 2 is 1.78 bits per heavy atom. The lowest BCUT2D eigenvalue weighted by atomic mass is 9.94. The molecule has 1 heterocycles. The van der Waals surface area contributed by atoms with Crippen molar-refractivity contribution in [2.45, 2.75) is 24.4 Å². The Labute approximate surface area is 202 Å². The molecule has 2 aromatic rings. The average molecular weight is 498 g/mol. The third-order valence-corrected chi connectivity index (χ3v) is 6.21. The molecule has 4 N–H and O–H groups in total. The lowest BCUT2D eigenvalue weighted by Crippen LogP contribution is -2.44. The second-order valence-corrected chi connectivity index (χ2v) is 8.69. The van der Waals surface area contributed by atoms with Crippen LogP contribution in [0.15, 0.2) is 54.6 Å². The molecule has 3 rings (SSSR count). The summed E-state index contributed by atoms with van der Waals surface area (Å²) in [6.45, 7) is 0.250. The van der Waals surface area contributed by atoms with Crippen molar-refractivity contribution < 1.29 is 19.5 Å². The van der Waals surface area contributed by atoms with Crippen molar-refractivity contribution in [3.8, 4) is 0 Å². The molecule has 7 nitrogen and oxygen atoms in total. The van der Waals surface area contributed by atoms with Crippen LogP contribution in [0.25, 0.3) is 0 Å². The fourth-order valence-electron chi connectivity index (χ4n) is 3.33. The number of amides is 2. The molecule has 1 saturated heterocycles. The van der Waals surface area contributed by atoms with Crippen molar-refractivity contribution in [1.29, 1.82) is 0 Å². The third kappa shape index (κ3) is 7.41. The second kappa shape index (κ2) is 12.7. The first-order valence-electron chi connectivity index (χ1n) is 9.85. The van der Waals surface area contributed by atoms with Crippen LogP contribution in [0, 0.1) is 0 Å². The maximum Gasteiger partial charge on any atom is 0.330 e. The van der Waals surface area contributed by atoms with E-state index in [0.29, 0.717) is 16.3 Å². The van der Waals surface area contributed by atoms with E-state index in [2.05, 4.69) is 16.0 Å². The van der Waals surface area contributed by atoms with Gasteiger partial charge in [-0.3, -0.25) is 14.9 Å². The fourth-order valence-corrected chi connectivity index (χ4v) is 4.40. The molecule has 0 saturated carbocycles. The zero-order valence-corrected chi connectivity index (χ0v) is 19.5. The van der Waals surface area contributed by atoms with Crippen molar-refractivity contribution in [3.05, 3.63) is 70.7 Å². The van der Waals surface area contributed by atoms with E-state index in [1.165, 1.54) is 0 Å². The molecule has 10 heteroatoms. The number of aliphatic carboxylic acids is 1. The topological polar surface area (TPSA) is 108 Å². The molecule has 0 radical (unpaired) electrons. The molecule has 1 aliphatic rings. The Balaban J connectivity index is 0.00000363. The lowest BCUT2D eigenvalue weighted by Gasteiger charge is -2.21. The summed E-state index contributed by atoms with van der Waals surface area (Å²) in [4.78, 5) is 36.8. The molecule has 172 valence electrons. The summed E-state index contributed by atoms with van der Waals surface area (Å²) in [5.74, 6) is -0.565. The van der Waals surface area contributed by atoms with E-state index in [-0.39, 0.29) is 43.2 Å². The van der Waals surface area contributed by atoms with Gasteiger partial charge in [-0.1, -0.05) is 54.1 Å². The van der Waals surface area contributed by atoms with Gasteiger partial charge in [0.15, 0.2) is 6.04 Å². The van der Waals surface area contributed by atoms with Crippen LogP contribution in [-0.4, -0.2) is 47.1 Å². The average Bonchev–Trinajstić information content (AvgIpc) is 3.31. The predicted molar refractivity (Wildman–Crippen MR) is 128 cm³/mol. The second-order valence-electron chi connectivity index (χ2n) is 7.22. The van der Waals surface area contributed by atoms with Crippen LogP contribution < -0.4 is 16.0 Å².